The van der Waals surface area contributed by atoms with E-state index in [9.17, 15) is 18.4 Å². The van der Waals surface area contributed by atoms with E-state index in [2.05, 4.69) is 9.97 Å². The van der Waals surface area contributed by atoms with E-state index in [4.69, 9.17) is 4.74 Å². The summed E-state index contributed by atoms with van der Waals surface area (Å²) in [5, 5.41) is 0. The summed E-state index contributed by atoms with van der Waals surface area (Å²) in [7, 11) is 0. The van der Waals surface area contributed by atoms with Gasteiger partial charge in [0.25, 0.3) is 5.56 Å². The Bertz CT molecular complexity index is 667. The van der Waals surface area contributed by atoms with Crippen molar-refractivity contribution in [3.63, 3.8) is 0 Å². The van der Waals surface area contributed by atoms with Gasteiger partial charge in [-0.25, -0.2) is 13.8 Å². The maximum Gasteiger partial charge on any atom is 0.251 e. The summed E-state index contributed by atoms with van der Waals surface area (Å²) in [6.45, 7) is 2.70. The number of morpholine rings is 1. The highest BCUT2D eigenvalue weighted by Gasteiger charge is 2.40. The number of aryl methyl sites for hydroxylation is 1. The van der Waals surface area contributed by atoms with Gasteiger partial charge >= 0.3 is 0 Å². The van der Waals surface area contributed by atoms with Crippen LogP contribution in [0.2, 0.25) is 0 Å². The van der Waals surface area contributed by atoms with E-state index in [1.807, 2.05) is 0 Å². The molecule has 1 aliphatic carbocycles. The van der Waals surface area contributed by atoms with Crippen molar-refractivity contribution in [3.8, 4) is 0 Å². The summed E-state index contributed by atoms with van der Waals surface area (Å²) < 4.78 is 32.1. The van der Waals surface area contributed by atoms with Crippen molar-refractivity contribution in [2.75, 3.05) is 19.8 Å². The number of H-pyrrole nitrogens is 1. The topological polar surface area (TPSA) is 75.3 Å². The van der Waals surface area contributed by atoms with Crippen molar-refractivity contribution in [1.29, 1.82) is 0 Å². The van der Waals surface area contributed by atoms with Crippen molar-refractivity contribution in [1.82, 2.24) is 14.9 Å². The molecule has 1 atom stereocenters. The highest BCUT2D eigenvalue weighted by molar-refractivity contribution is 5.79. The maximum atomic E-state index is 13.3. The van der Waals surface area contributed by atoms with Crippen LogP contribution in [0.15, 0.2) is 10.9 Å². The van der Waals surface area contributed by atoms with Crippen LogP contribution >= 0.6 is 0 Å². The minimum absolute atomic E-state index is 0.140. The molecular weight excluding hydrogens is 320 g/mol. The summed E-state index contributed by atoms with van der Waals surface area (Å²) in [6, 6.07) is 0.913. The van der Waals surface area contributed by atoms with Gasteiger partial charge < -0.3 is 14.6 Å². The van der Waals surface area contributed by atoms with Gasteiger partial charge in [0.2, 0.25) is 11.8 Å². The summed E-state index contributed by atoms with van der Waals surface area (Å²) in [4.78, 5) is 33.0. The van der Waals surface area contributed by atoms with Crippen LogP contribution in [-0.4, -0.2) is 46.5 Å². The Balaban J connectivity index is 1.79. The van der Waals surface area contributed by atoms with Crippen molar-refractivity contribution in [2.45, 2.75) is 44.6 Å². The number of hydrogen-bond donors (Lipinski definition) is 1. The third-order valence-electron chi connectivity index (χ3n) is 4.70. The minimum atomic E-state index is -2.66. The minimum Gasteiger partial charge on any atom is -0.377 e. The Labute approximate surface area is 138 Å². The lowest BCUT2D eigenvalue weighted by molar-refractivity contribution is -0.148. The predicted molar refractivity (Wildman–Crippen MR) is 81.8 cm³/mol. The molecule has 0 spiro atoms. The number of rotatable bonds is 2. The molecule has 1 aliphatic heterocycles. The first-order valence-electron chi connectivity index (χ1n) is 8.20. The number of alkyl halides is 2. The number of ether oxygens (including phenoxy) is 1. The largest absolute Gasteiger partial charge is 0.377 e. The molecular formula is C16H21F2N3O3. The van der Waals surface area contributed by atoms with Crippen LogP contribution in [0, 0.1) is 12.8 Å². The number of aromatic amines is 1. The Morgan fingerprint density at radius 2 is 2.12 bits per heavy atom. The van der Waals surface area contributed by atoms with Gasteiger partial charge in [-0.15, -0.1) is 0 Å². The molecule has 6 nitrogen and oxygen atoms in total. The van der Waals surface area contributed by atoms with E-state index in [1.54, 1.807) is 11.8 Å². The lowest BCUT2D eigenvalue weighted by Gasteiger charge is -2.38. The van der Waals surface area contributed by atoms with Crippen LogP contribution in [0.25, 0.3) is 0 Å². The lowest BCUT2D eigenvalue weighted by atomic mass is 9.85. The monoisotopic (exact) mass is 341 g/mol. The zero-order valence-corrected chi connectivity index (χ0v) is 13.6. The van der Waals surface area contributed by atoms with E-state index < -0.39 is 17.9 Å². The van der Waals surface area contributed by atoms with Crippen molar-refractivity contribution < 1.29 is 18.3 Å². The van der Waals surface area contributed by atoms with Crippen LogP contribution in [0.4, 0.5) is 8.78 Å². The first-order valence-corrected chi connectivity index (χ1v) is 8.20. The summed E-state index contributed by atoms with van der Waals surface area (Å²) in [5.74, 6) is -2.73. The van der Waals surface area contributed by atoms with Crippen LogP contribution in [-0.2, 0) is 9.53 Å². The van der Waals surface area contributed by atoms with Gasteiger partial charge in [0.15, 0.2) is 0 Å². The van der Waals surface area contributed by atoms with Gasteiger partial charge in [-0.1, -0.05) is 0 Å². The molecule has 1 aromatic rings. The highest BCUT2D eigenvalue weighted by atomic mass is 19.3. The third-order valence-corrected chi connectivity index (χ3v) is 4.70. The first kappa shape index (κ1) is 17.0. The second-order valence-electron chi connectivity index (χ2n) is 6.51. The third kappa shape index (κ3) is 3.63. The molecule has 0 bridgehead atoms. The second kappa shape index (κ2) is 6.58. The Morgan fingerprint density at radius 1 is 1.42 bits per heavy atom. The van der Waals surface area contributed by atoms with Crippen molar-refractivity contribution >= 4 is 5.91 Å². The number of amides is 1. The van der Waals surface area contributed by atoms with Gasteiger partial charge in [-0.3, -0.25) is 9.59 Å². The molecule has 0 radical (unpaired) electrons. The zero-order chi connectivity index (χ0) is 17.3. The highest BCUT2D eigenvalue weighted by Crippen LogP contribution is 2.38. The standard InChI is InChI=1S/C16H21F2N3O3/c1-10-19-12(8-14(22)20-10)13-9-24-7-6-21(13)15(23)11-2-4-16(17,18)5-3-11/h8,11,13H,2-7,9H2,1H3,(H,19,20,22)/t13-/m1/s1. The number of nitrogens with one attached hydrogen (secondary N) is 1. The fourth-order valence-corrected chi connectivity index (χ4v) is 3.41. The number of carbonyl (C=O) groups excluding carboxylic acids is 1. The molecule has 1 saturated carbocycles. The fraction of sp³-hybridized carbons (Fsp3) is 0.688. The number of aromatic nitrogens is 2. The van der Waals surface area contributed by atoms with Crippen molar-refractivity contribution in [2.24, 2.45) is 5.92 Å². The average molecular weight is 341 g/mol. The summed E-state index contributed by atoms with van der Waals surface area (Å²) >= 11 is 0. The predicted octanol–water partition coefficient (Wildman–Crippen LogP) is 1.80. The molecule has 3 rings (SSSR count). The molecule has 2 aliphatic rings. The molecule has 2 heterocycles. The van der Waals surface area contributed by atoms with Gasteiger partial charge in [0.1, 0.15) is 5.82 Å². The lowest BCUT2D eigenvalue weighted by Crippen LogP contribution is -2.47. The van der Waals surface area contributed by atoms with E-state index in [-0.39, 0.29) is 43.8 Å². The number of hydrogen-bond acceptors (Lipinski definition) is 4. The molecule has 2 fully saturated rings. The molecule has 1 amide bonds. The molecule has 8 heteroatoms. The van der Waals surface area contributed by atoms with Crippen LogP contribution < -0.4 is 5.56 Å². The van der Waals surface area contributed by atoms with Gasteiger partial charge in [0.05, 0.1) is 24.9 Å². The zero-order valence-electron chi connectivity index (χ0n) is 13.6. The summed E-state index contributed by atoms with van der Waals surface area (Å²) in [6.07, 6.45) is -0.114. The Morgan fingerprint density at radius 3 is 2.79 bits per heavy atom. The van der Waals surface area contributed by atoms with E-state index in [0.29, 0.717) is 24.7 Å². The van der Waals surface area contributed by atoms with Crippen LogP contribution in [0.3, 0.4) is 0 Å². The molecule has 24 heavy (non-hydrogen) atoms. The molecule has 1 aromatic heterocycles. The normalized spacial score (nSPS) is 24.8. The van der Waals surface area contributed by atoms with E-state index >= 15 is 0 Å². The van der Waals surface area contributed by atoms with Crippen LogP contribution in [0.1, 0.15) is 43.2 Å². The Kier molecular flexibility index (Phi) is 4.67. The quantitative estimate of drug-likeness (QED) is 0.890. The van der Waals surface area contributed by atoms with Gasteiger partial charge in [0, 0.05) is 31.4 Å². The first-order chi connectivity index (χ1) is 11.4. The summed E-state index contributed by atoms with van der Waals surface area (Å²) in [5.41, 5.74) is 0.193. The van der Waals surface area contributed by atoms with Crippen LogP contribution in [0.5, 0.6) is 0 Å². The van der Waals surface area contributed by atoms with Gasteiger partial charge in [-0.05, 0) is 19.8 Å². The van der Waals surface area contributed by atoms with Gasteiger partial charge in [-0.2, -0.15) is 0 Å². The second-order valence-corrected chi connectivity index (χ2v) is 6.51. The number of nitrogens with zero attached hydrogens (tertiary/aromatic N) is 2. The fourth-order valence-electron chi connectivity index (χ4n) is 3.41. The average Bonchev–Trinajstić information content (AvgIpc) is 2.53. The van der Waals surface area contributed by atoms with E-state index in [0.717, 1.165) is 0 Å². The van der Waals surface area contributed by atoms with E-state index in [1.165, 1.54) is 6.07 Å². The maximum absolute atomic E-state index is 13.3. The van der Waals surface area contributed by atoms with Crippen molar-refractivity contribution in [3.05, 3.63) is 27.9 Å². The number of carbonyl (C=O) groups is 1. The molecule has 0 unspecified atom stereocenters. The SMILES string of the molecule is Cc1nc([C@H]2COCCN2C(=O)C2CCC(F)(F)CC2)cc(=O)[nH]1. The molecule has 0 aromatic carbocycles. The molecule has 1 saturated heterocycles. The number of halogens is 2. The smallest absolute Gasteiger partial charge is 0.251 e. The molecule has 132 valence electrons. The molecule has 1 N–H and O–H groups in total. The Hall–Kier alpha value is -1.83.